The predicted molar refractivity (Wildman–Crippen MR) is 88.7 cm³/mol. The maximum absolute atomic E-state index is 12.7. The summed E-state index contributed by atoms with van der Waals surface area (Å²) in [6.07, 6.45) is 2.27. The largest absolute Gasteiger partial charge is 0.394 e. The lowest BCUT2D eigenvalue weighted by Crippen LogP contribution is -2.41. The van der Waals surface area contributed by atoms with E-state index in [9.17, 15) is 9.90 Å². The lowest BCUT2D eigenvalue weighted by atomic mass is 10.1. The van der Waals surface area contributed by atoms with E-state index in [2.05, 4.69) is 10.4 Å². The van der Waals surface area contributed by atoms with Gasteiger partial charge in [0, 0.05) is 5.92 Å². The van der Waals surface area contributed by atoms with Gasteiger partial charge in [0.15, 0.2) is 0 Å². The molecule has 1 saturated carbocycles. The Morgan fingerprint density at radius 3 is 2.61 bits per heavy atom. The third-order valence-corrected chi connectivity index (χ3v) is 4.28. The summed E-state index contributed by atoms with van der Waals surface area (Å²) < 4.78 is 1.71. The molecule has 1 aliphatic rings. The van der Waals surface area contributed by atoms with E-state index in [1.54, 1.807) is 4.68 Å². The summed E-state index contributed by atoms with van der Waals surface area (Å²) >= 11 is 0. The lowest BCUT2D eigenvalue weighted by molar-refractivity contribution is 0.0889. The van der Waals surface area contributed by atoms with E-state index in [0.29, 0.717) is 11.6 Å². The molecule has 0 bridgehead atoms. The Morgan fingerprint density at radius 2 is 2.04 bits per heavy atom. The van der Waals surface area contributed by atoms with Crippen molar-refractivity contribution in [1.29, 1.82) is 0 Å². The van der Waals surface area contributed by atoms with Gasteiger partial charge in [-0.05, 0) is 37.0 Å². The third-order valence-electron chi connectivity index (χ3n) is 4.28. The minimum Gasteiger partial charge on any atom is -0.394 e. The zero-order valence-electron chi connectivity index (χ0n) is 13.6. The van der Waals surface area contributed by atoms with Crippen LogP contribution in [0.4, 0.5) is 0 Å². The average molecular weight is 313 g/mol. The van der Waals surface area contributed by atoms with Crippen molar-refractivity contribution in [3.8, 4) is 5.69 Å². The van der Waals surface area contributed by atoms with E-state index in [-0.39, 0.29) is 24.5 Å². The van der Waals surface area contributed by atoms with Crippen LogP contribution in [0.1, 0.15) is 48.8 Å². The number of aliphatic hydroxyl groups excluding tert-OH is 1. The van der Waals surface area contributed by atoms with Crippen LogP contribution in [0.25, 0.3) is 5.69 Å². The molecule has 2 N–H and O–H groups in total. The quantitative estimate of drug-likeness (QED) is 0.861. The number of para-hydroxylation sites is 1. The molecule has 0 saturated heterocycles. The number of hydrogen-bond acceptors (Lipinski definition) is 3. The SMILES string of the molecule is CC(C)C(CO)NC(=O)c1cc(C2CC2)nn1-c1ccccc1. The molecule has 1 heterocycles. The van der Waals surface area contributed by atoms with Gasteiger partial charge in [0.05, 0.1) is 24.0 Å². The molecule has 0 radical (unpaired) electrons. The molecule has 0 aliphatic heterocycles. The Kier molecular flexibility index (Phi) is 4.48. The number of carbonyl (C=O) groups is 1. The Hall–Kier alpha value is -2.14. The van der Waals surface area contributed by atoms with Crippen LogP contribution in [-0.2, 0) is 0 Å². The van der Waals surface area contributed by atoms with Gasteiger partial charge in [-0.2, -0.15) is 5.10 Å². The fourth-order valence-corrected chi connectivity index (χ4v) is 2.57. The molecular weight excluding hydrogens is 290 g/mol. The fourth-order valence-electron chi connectivity index (χ4n) is 2.57. The molecular formula is C18H23N3O2. The van der Waals surface area contributed by atoms with Crippen molar-refractivity contribution >= 4 is 5.91 Å². The molecule has 1 unspecified atom stereocenters. The minimum absolute atomic E-state index is 0.0711. The van der Waals surface area contributed by atoms with Gasteiger partial charge in [0.1, 0.15) is 5.69 Å². The number of benzene rings is 1. The van der Waals surface area contributed by atoms with Crippen molar-refractivity contribution < 1.29 is 9.90 Å². The van der Waals surface area contributed by atoms with E-state index in [4.69, 9.17) is 0 Å². The maximum Gasteiger partial charge on any atom is 0.270 e. The predicted octanol–water partition coefficient (Wildman–Crippen LogP) is 2.50. The highest BCUT2D eigenvalue weighted by Crippen LogP contribution is 2.39. The van der Waals surface area contributed by atoms with Crippen LogP contribution in [0.15, 0.2) is 36.4 Å². The van der Waals surface area contributed by atoms with Crippen LogP contribution >= 0.6 is 0 Å². The van der Waals surface area contributed by atoms with Gasteiger partial charge in [0.25, 0.3) is 5.91 Å². The number of carbonyl (C=O) groups excluding carboxylic acids is 1. The summed E-state index contributed by atoms with van der Waals surface area (Å²) in [6, 6.07) is 11.3. The fraction of sp³-hybridized carbons (Fsp3) is 0.444. The number of amides is 1. The molecule has 1 aromatic carbocycles. The first-order chi connectivity index (χ1) is 11.1. The number of nitrogens with zero attached hydrogens (tertiary/aromatic N) is 2. The first-order valence-electron chi connectivity index (χ1n) is 8.17. The monoisotopic (exact) mass is 313 g/mol. The molecule has 3 rings (SSSR count). The van der Waals surface area contributed by atoms with Crippen LogP contribution in [0.3, 0.4) is 0 Å². The molecule has 1 amide bonds. The molecule has 5 heteroatoms. The number of nitrogens with one attached hydrogen (secondary N) is 1. The molecule has 1 aliphatic carbocycles. The van der Waals surface area contributed by atoms with Gasteiger partial charge in [-0.3, -0.25) is 4.79 Å². The van der Waals surface area contributed by atoms with E-state index in [1.165, 1.54) is 0 Å². The molecule has 5 nitrogen and oxygen atoms in total. The highest BCUT2D eigenvalue weighted by atomic mass is 16.3. The summed E-state index contributed by atoms with van der Waals surface area (Å²) in [7, 11) is 0. The van der Waals surface area contributed by atoms with Crippen LogP contribution in [0.5, 0.6) is 0 Å². The first-order valence-corrected chi connectivity index (χ1v) is 8.17. The molecule has 0 spiro atoms. The van der Waals surface area contributed by atoms with Crippen LogP contribution in [0, 0.1) is 5.92 Å². The minimum atomic E-state index is -0.258. The molecule has 1 fully saturated rings. The second kappa shape index (κ2) is 6.54. The summed E-state index contributed by atoms with van der Waals surface area (Å²) in [5, 5.41) is 17.0. The molecule has 1 aromatic heterocycles. The summed E-state index contributed by atoms with van der Waals surface area (Å²) in [6.45, 7) is 3.88. The standard InChI is InChI=1S/C18H23N3O2/c1-12(2)16(11-22)19-18(23)17-10-15(13-8-9-13)20-21(17)14-6-4-3-5-7-14/h3-7,10,12-13,16,22H,8-9,11H2,1-2H3,(H,19,23). The molecule has 122 valence electrons. The second-order valence-corrected chi connectivity index (χ2v) is 6.48. The van der Waals surface area contributed by atoms with Crippen molar-refractivity contribution in [2.45, 2.75) is 38.6 Å². The number of hydrogen-bond donors (Lipinski definition) is 2. The number of aliphatic hydroxyl groups is 1. The van der Waals surface area contributed by atoms with Gasteiger partial charge in [-0.15, -0.1) is 0 Å². The van der Waals surface area contributed by atoms with Gasteiger partial charge in [-0.1, -0.05) is 32.0 Å². The van der Waals surface area contributed by atoms with Gasteiger partial charge < -0.3 is 10.4 Å². The topological polar surface area (TPSA) is 67.2 Å². The zero-order valence-corrected chi connectivity index (χ0v) is 13.6. The van der Waals surface area contributed by atoms with Crippen molar-refractivity contribution in [1.82, 2.24) is 15.1 Å². The van der Waals surface area contributed by atoms with Crippen LogP contribution < -0.4 is 5.32 Å². The number of rotatable bonds is 6. The maximum atomic E-state index is 12.7. The smallest absolute Gasteiger partial charge is 0.270 e. The summed E-state index contributed by atoms with van der Waals surface area (Å²) in [4.78, 5) is 12.7. The van der Waals surface area contributed by atoms with E-state index < -0.39 is 0 Å². The average Bonchev–Trinajstić information content (AvgIpc) is 3.31. The van der Waals surface area contributed by atoms with E-state index in [1.807, 2.05) is 50.2 Å². The Labute approximate surface area is 136 Å². The van der Waals surface area contributed by atoms with E-state index in [0.717, 1.165) is 24.2 Å². The Bertz CT molecular complexity index is 675. The van der Waals surface area contributed by atoms with Gasteiger partial charge >= 0.3 is 0 Å². The highest BCUT2D eigenvalue weighted by molar-refractivity contribution is 5.93. The normalized spacial score (nSPS) is 15.7. The van der Waals surface area contributed by atoms with Gasteiger partial charge in [-0.25, -0.2) is 4.68 Å². The van der Waals surface area contributed by atoms with Gasteiger partial charge in [0.2, 0.25) is 0 Å². The van der Waals surface area contributed by atoms with Crippen LogP contribution in [0.2, 0.25) is 0 Å². The number of aromatic nitrogens is 2. The van der Waals surface area contributed by atoms with Crippen molar-refractivity contribution in [3.63, 3.8) is 0 Å². The Balaban J connectivity index is 1.92. The molecule has 2 aromatic rings. The molecule has 1 atom stereocenters. The van der Waals surface area contributed by atoms with Crippen molar-refractivity contribution in [2.24, 2.45) is 5.92 Å². The first kappa shape index (κ1) is 15.7. The van der Waals surface area contributed by atoms with Crippen molar-refractivity contribution in [3.05, 3.63) is 47.8 Å². The lowest BCUT2D eigenvalue weighted by Gasteiger charge is -2.20. The summed E-state index contributed by atoms with van der Waals surface area (Å²) in [5.41, 5.74) is 2.37. The third kappa shape index (κ3) is 3.45. The van der Waals surface area contributed by atoms with Crippen LogP contribution in [-0.4, -0.2) is 33.4 Å². The Morgan fingerprint density at radius 1 is 1.35 bits per heavy atom. The van der Waals surface area contributed by atoms with E-state index >= 15 is 0 Å². The van der Waals surface area contributed by atoms with Crippen molar-refractivity contribution in [2.75, 3.05) is 6.61 Å². The molecule has 23 heavy (non-hydrogen) atoms. The highest BCUT2D eigenvalue weighted by Gasteiger charge is 2.29. The second-order valence-electron chi connectivity index (χ2n) is 6.48. The summed E-state index contributed by atoms with van der Waals surface area (Å²) in [5.74, 6) is 0.450. The zero-order chi connectivity index (χ0) is 16.4.